The molecule has 0 aromatic rings. The van der Waals surface area contributed by atoms with Gasteiger partial charge in [-0.25, -0.2) is 0 Å². The van der Waals surface area contributed by atoms with Gasteiger partial charge in [0.2, 0.25) is 0 Å². The number of hydrogen-bond donors (Lipinski definition) is 0. The van der Waals surface area contributed by atoms with Crippen molar-refractivity contribution in [1.29, 1.82) is 0 Å². The molecule has 110 valence electrons. The van der Waals surface area contributed by atoms with E-state index in [2.05, 4.69) is 44.5 Å². The van der Waals surface area contributed by atoms with E-state index < -0.39 is 0 Å². The van der Waals surface area contributed by atoms with E-state index in [0.29, 0.717) is 11.0 Å². The highest BCUT2D eigenvalue weighted by Gasteiger charge is 2.53. The average molecular weight is 264 g/mol. The average Bonchev–Trinajstić information content (AvgIpc) is 2.38. The molecule has 0 amide bonds. The summed E-state index contributed by atoms with van der Waals surface area (Å²) in [4.78, 5) is 5.32. The van der Waals surface area contributed by atoms with E-state index >= 15 is 0 Å². The minimum absolute atomic E-state index is 0.321. The molecule has 0 aromatic heterocycles. The minimum atomic E-state index is 0.321. The van der Waals surface area contributed by atoms with Gasteiger partial charge in [0, 0.05) is 12.1 Å². The lowest BCUT2D eigenvalue weighted by Gasteiger charge is -2.61. The molecule has 19 heavy (non-hydrogen) atoms. The lowest BCUT2D eigenvalue weighted by atomic mass is 9.55. The van der Waals surface area contributed by atoms with Crippen molar-refractivity contribution in [2.45, 2.75) is 52.5 Å². The first-order valence-electron chi connectivity index (χ1n) is 8.27. The molecule has 0 aromatic carbocycles. The first-order valence-corrected chi connectivity index (χ1v) is 8.27. The largest absolute Gasteiger partial charge is 0.303 e. The summed E-state index contributed by atoms with van der Waals surface area (Å²) in [6.07, 6.45) is 4.34. The minimum Gasteiger partial charge on any atom is -0.303 e. The Labute approximate surface area is 119 Å². The van der Waals surface area contributed by atoms with Crippen LogP contribution in [0.4, 0.5) is 0 Å². The number of hydrogen-bond acceptors (Lipinski definition) is 2. The summed E-state index contributed by atoms with van der Waals surface area (Å²) < 4.78 is 0. The third-order valence-electron chi connectivity index (χ3n) is 7.46. The van der Waals surface area contributed by atoms with Crippen LogP contribution in [0.15, 0.2) is 0 Å². The van der Waals surface area contributed by atoms with E-state index in [4.69, 9.17) is 0 Å². The monoisotopic (exact) mass is 264 g/mol. The molecule has 4 heterocycles. The van der Waals surface area contributed by atoms with E-state index in [0.717, 1.165) is 17.8 Å². The maximum absolute atomic E-state index is 2.73. The maximum Gasteiger partial charge on any atom is 0.0203 e. The lowest BCUT2D eigenvalue weighted by molar-refractivity contribution is -0.111. The number of rotatable bonds is 1. The molecular weight excluding hydrogens is 232 g/mol. The van der Waals surface area contributed by atoms with Crippen molar-refractivity contribution in [3.05, 3.63) is 0 Å². The van der Waals surface area contributed by atoms with Gasteiger partial charge in [-0.2, -0.15) is 0 Å². The molecule has 2 unspecified atom stereocenters. The molecule has 0 saturated carbocycles. The van der Waals surface area contributed by atoms with Crippen LogP contribution in [0.25, 0.3) is 0 Å². The second-order valence-electron chi connectivity index (χ2n) is 8.40. The fourth-order valence-corrected chi connectivity index (χ4v) is 5.13. The second-order valence-corrected chi connectivity index (χ2v) is 8.40. The summed E-state index contributed by atoms with van der Waals surface area (Å²) >= 11 is 0. The Morgan fingerprint density at radius 3 is 2.05 bits per heavy atom. The molecule has 4 aliphatic rings. The molecule has 0 spiro atoms. The van der Waals surface area contributed by atoms with Crippen LogP contribution in [0.3, 0.4) is 0 Å². The van der Waals surface area contributed by atoms with Crippen LogP contribution in [0.2, 0.25) is 0 Å². The first-order chi connectivity index (χ1) is 8.84. The van der Waals surface area contributed by atoms with Gasteiger partial charge >= 0.3 is 0 Å². The summed E-state index contributed by atoms with van der Waals surface area (Å²) in [5.74, 6) is 2.89. The number of fused-ring (bicyclic) bond motifs is 3. The molecule has 4 fully saturated rings. The second kappa shape index (κ2) is 4.46. The number of nitrogens with zero attached hydrogens (tertiary/aromatic N) is 2. The quantitative estimate of drug-likeness (QED) is 0.718. The Morgan fingerprint density at radius 2 is 1.53 bits per heavy atom. The molecule has 0 N–H and O–H groups in total. The smallest absolute Gasteiger partial charge is 0.0203 e. The van der Waals surface area contributed by atoms with Gasteiger partial charge in [0.05, 0.1) is 0 Å². The van der Waals surface area contributed by atoms with Gasteiger partial charge in [-0.05, 0) is 83.0 Å². The van der Waals surface area contributed by atoms with E-state index in [-0.39, 0.29) is 0 Å². The molecule has 2 nitrogen and oxygen atoms in total. The van der Waals surface area contributed by atoms with E-state index in [1.807, 2.05) is 0 Å². The van der Waals surface area contributed by atoms with Crippen molar-refractivity contribution >= 4 is 0 Å². The number of likely N-dealkylation sites (tertiary alicyclic amines) is 1. The normalized spacial score (nSPS) is 45.3. The van der Waals surface area contributed by atoms with Crippen LogP contribution in [0, 0.1) is 23.2 Å². The molecular formula is C17H32N2. The summed E-state index contributed by atoms with van der Waals surface area (Å²) in [6, 6.07) is 0. The molecule has 4 rings (SSSR count). The zero-order valence-electron chi connectivity index (χ0n) is 13.6. The SMILES string of the molecule is CN1CCC(C2CN3CCC2CC3)C(C)(C)C1(C)C. The highest BCUT2D eigenvalue weighted by molar-refractivity contribution is 5.05. The highest BCUT2D eigenvalue weighted by atomic mass is 15.2. The molecule has 0 aliphatic carbocycles. The highest BCUT2D eigenvalue weighted by Crippen LogP contribution is 2.53. The van der Waals surface area contributed by atoms with Crippen molar-refractivity contribution in [3.8, 4) is 0 Å². The number of piperidine rings is 4. The van der Waals surface area contributed by atoms with Crippen LogP contribution in [-0.2, 0) is 0 Å². The maximum atomic E-state index is 2.73. The van der Waals surface area contributed by atoms with Crippen LogP contribution >= 0.6 is 0 Å². The predicted molar refractivity (Wildman–Crippen MR) is 81.3 cm³/mol. The fourth-order valence-electron chi connectivity index (χ4n) is 5.13. The predicted octanol–water partition coefficient (Wildman–Crippen LogP) is 3.08. The van der Waals surface area contributed by atoms with Gasteiger partial charge in [0.15, 0.2) is 0 Å². The van der Waals surface area contributed by atoms with E-state index in [9.17, 15) is 0 Å². The third kappa shape index (κ3) is 1.98. The summed E-state index contributed by atoms with van der Waals surface area (Å²) in [5, 5.41) is 0. The first kappa shape index (κ1) is 13.9. The van der Waals surface area contributed by atoms with Gasteiger partial charge < -0.3 is 9.80 Å². The Hall–Kier alpha value is -0.0800. The van der Waals surface area contributed by atoms with Crippen LogP contribution < -0.4 is 0 Å². The van der Waals surface area contributed by atoms with Crippen molar-refractivity contribution in [1.82, 2.24) is 9.80 Å². The van der Waals surface area contributed by atoms with E-state index in [1.165, 1.54) is 45.4 Å². The van der Waals surface area contributed by atoms with Gasteiger partial charge in [0.25, 0.3) is 0 Å². The third-order valence-corrected chi connectivity index (χ3v) is 7.46. The molecule has 0 radical (unpaired) electrons. The van der Waals surface area contributed by atoms with Gasteiger partial charge in [-0.3, -0.25) is 0 Å². The summed E-state index contributed by atoms with van der Waals surface area (Å²) in [7, 11) is 2.31. The molecule has 2 bridgehead atoms. The van der Waals surface area contributed by atoms with Crippen molar-refractivity contribution in [2.75, 3.05) is 33.2 Å². The van der Waals surface area contributed by atoms with Gasteiger partial charge in [-0.1, -0.05) is 13.8 Å². The summed E-state index contributed by atoms with van der Waals surface area (Å²) in [6.45, 7) is 15.4. The van der Waals surface area contributed by atoms with Crippen molar-refractivity contribution in [3.63, 3.8) is 0 Å². The molecule has 4 saturated heterocycles. The standard InChI is InChI=1S/C17H32N2/c1-16(2)15(8-9-18(5)17(16,3)4)14-12-19-10-6-13(14)7-11-19/h13-15H,6-12H2,1-5H3. The Morgan fingerprint density at radius 1 is 0.895 bits per heavy atom. The molecule has 4 aliphatic heterocycles. The Kier molecular flexibility index (Phi) is 3.26. The van der Waals surface area contributed by atoms with Crippen molar-refractivity contribution < 1.29 is 0 Å². The topological polar surface area (TPSA) is 6.48 Å². The Balaban J connectivity index is 1.84. The molecule has 2 atom stereocenters. The van der Waals surface area contributed by atoms with Crippen LogP contribution in [0.5, 0.6) is 0 Å². The van der Waals surface area contributed by atoms with Gasteiger partial charge in [-0.15, -0.1) is 0 Å². The van der Waals surface area contributed by atoms with Crippen LogP contribution in [0.1, 0.15) is 47.0 Å². The lowest BCUT2D eigenvalue weighted by Crippen LogP contribution is -2.63. The fraction of sp³-hybridized carbons (Fsp3) is 1.00. The van der Waals surface area contributed by atoms with Gasteiger partial charge in [0.1, 0.15) is 0 Å². The van der Waals surface area contributed by atoms with E-state index in [1.54, 1.807) is 0 Å². The summed E-state index contributed by atoms with van der Waals surface area (Å²) in [5.41, 5.74) is 0.741. The molecule has 2 heteroatoms. The Bertz CT molecular complexity index is 339. The van der Waals surface area contributed by atoms with Crippen molar-refractivity contribution in [2.24, 2.45) is 23.2 Å². The van der Waals surface area contributed by atoms with Crippen LogP contribution in [-0.4, -0.2) is 48.6 Å². The zero-order chi connectivity index (χ0) is 13.8. The zero-order valence-corrected chi connectivity index (χ0v) is 13.6.